The number of carboxylic acids is 1. The summed E-state index contributed by atoms with van der Waals surface area (Å²) in [6, 6.07) is 8.62. The molecule has 1 rings (SSSR count). The van der Waals surface area contributed by atoms with Crippen LogP contribution in [0.3, 0.4) is 0 Å². The summed E-state index contributed by atoms with van der Waals surface area (Å²) in [6.07, 6.45) is -5.22. The molecule has 0 radical (unpaired) electrons. The molecule has 1 N–H and O–H groups in total. The van der Waals surface area contributed by atoms with Crippen LogP contribution in [0.2, 0.25) is 0 Å². The molecule has 1 aromatic rings. The van der Waals surface area contributed by atoms with Crippen LogP contribution in [0, 0.1) is 0 Å². The van der Waals surface area contributed by atoms with E-state index in [2.05, 4.69) is 4.99 Å². The van der Waals surface area contributed by atoms with Gasteiger partial charge >= 0.3 is 12.1 Å². The third-order valence-corrected chi connectivity index (χ3v) is 2.18. The monoisotopic (exact) mass is 273 g/mol. The van der Waals surface area contributed by atoms with Crippen molar-refractivity contribution in [2.45, 2.75) is 19.0 Å². The largest absolute Gasteiger partial charge is 0.477 e. The first kappa shape index (κ1) is 14.9. The van der Waals surface area contributed by atoms with E-state index in [-0.39, 0.29) is 12.8 Å². The van der Waals surface area contributed by atoms with Gasteiger partial charge in [0.05, 0.1) is 0 Å². The number of aliphatic carboxylic acids is 1. The van der Waals surface area contributed by atoms with Crippen LogP contribution in [0.25, 0.3) is 0 Å². The summed E-state index contributed by atoms with van der Waals surface area (Å²) in [7, 11) is 0. The van der Waals surface area contributed by atoms with E-state index in [9.17, 15) is 22.8 Å². The maximum absolute atomic E-state index is 12.2. The highest BCUT2D eigenvalue weighted by molar-refractivity contribution is 6.39. The second-order valence-electron chi connectivity index (χ2n) is 3.64. The highest BCUT2D eigenvalue weighted by Crippen LogP contribution is 2.18. The minimum Gasteiger partial charge on any atom is -0.477 e. The van der Waals surface area contributed by atoms with Gasteiger partial charge in [-0.05, 0) is 12.0 Å². The van der Waals surface area contributed by atoms with Gasteiger partial charge in [-0.1, -0.05) is 30.3 Å². The Morgan fingerprint density at radius 3 is 2.21 bits per heavy atom. The second kappa shape index (κ2) is 6.12. The molecule has 0 aliphatic heterocycles. The topological polar surface area (TPSA) is 66.7 Å². The maximum Gasteiger partial charge on any atom is 0.440 e. The van der Waals surface area contributed by atoms with E-state index in [1.165, 1.54) is 0 Å². The van der Waals surface area contributed by atoms with Gasteiger partial charge in [0.1, 0.15) is 0 Å². The number of hydrogen-bond donors (Lipinski definition) is 1. The minimum absolute atomic E-state index is 0.202. The summed E-state index contributed by atoms with van der Waals surface area (Å²) >= 11 is 0. The molecule has 0 bridgehead atoms. The Hall–Kier alpha value is -2.18. The van der Waals surface area contributed by atoms with Gasteiger partial charge in [0, 0.05) is 6.42 Å². The van der Waals surface area contributed by atoms with Crippen LogP contribution in [0.1, 0.15) is 12.0 Å². The lowest BCUT2D eigenvalue weighted by Gasteiger charge is -2.05. The van der Waals surface area contributed by atoms with Gasteiger partial charge < -0.3 is 5.11 Å². The molecule has 4 nitrogen and oxygen atoms in total. The molecule has 1 aromatic carbocycles. The van der Waals surface area contributed by atoms with Crippen LogP contribution in [0.5, 0.6) is 0 Å². The number of nitrogens with zero attached hydrogens (tertiary/aromatic N) is 1. The quantitative estimate of drug-likeness (QED) is 0.855. The lowest BCUT2D eigenvalue weighted by Crippen LogP contribution is -2.31. The number of aliphatic imine (C=N–C) groups is 1. The average Bonchev–Trinajstić information content (AvgIpc) is 2.33. The Bertz CT molecular complexity index is 495. The summed E-state index contributed by atoms with van der Waals surface area (Å²) in [5.41, 5.74) is -1.33. The summed E-state index contributed by atoms with van der Waals surface area (Å²) in [5.74, 6) is -3.38. The number of carbonyl (C=O) groups excluding carboxylic acids is 1. The minimum atomic E-state index is -5.14. The van der Waals surface area contributed by atoms with Crippen LogP contribution < -0.4 is 0 Å². The Morgan fingerprint density at radius 2 is 1.74 bits per heavy atom. The van der Waals surface area contributed by atoms with E-state index in [4.69, 9.17) is 5.11 Å². The summed E-state index contributed by atoms with van der Waals surface area (Å²) in [5, 5.41) is 8.34. The van der Waals surface area contributed by atoms with Crippen molar-refractivity contribution >= 4 is 17.6 Å². The molecule has 0 unspecified atom stereocenters. The van der Waals surface area contributed by atoms with Crippen molar-refractivity contribution in [3.8, 4) is 0 Å². The maximum atomic E-state index is 12.2. The Morgan fingerprint density at radius 1 is 1.16 bits per heavy atom. The molecule has 0 aliphatic rings. The van der Waals surface area contributed by atoms with Gasteiger partial charge in [0.25, 0.3) is 0 Å². The van der Waals surface area contributed by atoms with Gasteiger partial charge in [0.2, 0.25) is 11.6 Å². The predicted molar refractivity (Wildman–Crippen MR) is 60.9 cm³/mol. The number of hydrogen-bond acceptors (Lipinski definition) is 2. The normalized spacial score (nSPS) is 12.3. The second-order valence-corrected chi connectivity index (χ2v) is 3.64. The summed E-state index contributed by atoms with van der Waals surface area (Å²) in [6.45, 7) is 0. The zero-order valence-electron chi connectivity index (χ0n) is 9.65. The number of halogens is 3. The first-order valence-corrected chi connectivity index (χ1v) is 5.26. The fraction of sp³-hybridized carbons (Fsp3) is 0.250. The van der Waals surface area contributed by atoms with Crippen molar-refractivity contribution in [2.24, 2.45) is 4.99 Å². The van der Waals surface area contributed by atoms with Crippen LogP contribution in [0.4, 0.5) is 13.2 Å². The third kappa shape index (κ3) is 4.90. The predicted octanol–water partition coefficient (Wildman–Crippen LogP) is 2.23. The van der Waals surface area contributed by atoms with Crippen molar-refractivity contribution in [3.63, 3.8) is 0 Å². The van der Waals surface area contributed by atoms with Crippen molar-refractivity contribution in [3.05, 3.63) is 35.9 Å². The lowest BCUT2D eigenvalue weighted by molar-refractivity contribution is -0.134. The molecule has 0 spiro atoms. The zero-order valence-corrected chi connectivity index (χ0v) is 9.65. The van der Waals surface area contributed by atoms with Crippen LogP contribution in [-0.2, 0) is 16.0 Å². The fourth-order valence-corrected chi connectivity index (χ4v) is 1.31. The molecular weight excluding hydrogens is 263 g/mol. The van der Waals surface area contributed by atoms with Crippen LogP contribution in [0.15, 0.2) is 35.3 Å². The number of aryl methyl sites for hydroxylation is 1. The smallest absolute Gasteiger partial charge is 0.440 e. The average molecular weight is 273 g/mol. The molecule has 7 heteroatoms. The van der Waals surface area contributed by atoms with E-state index in [0.29, 0.717) is 0 Å². The third-order valence-electron chi connectivity index (χ3n) is 2.18. The van der Waals surface area contributed by atoms with E-state index in [0.717, 1.165) is 5.56 Å². The lowest BCUT2D eigenvalue weighted by atomic mass is 10.1. The van der Waals surface area contributed by atoms with Crippen molar-refractivity contribution in [1.82, 2.24) is 0 Å². The number of carboxylic acid groups (broad SMARTS) is 1. The number of benzene rings is 1. The van der Waals surface area contributed by atoms with Crippen molar-refractivity contribution in [2.75, 3.05) is 0 Å². The SMILES string of the molecule is O=C(CCc1ccccc1)N=C(C(=O)O)C(F)(F)F. The number of rotatable bonds is 4. The van der Waals surface area contributed by atoms with Crippen molar-refractivity contribution < 1.29 is 27.9 Å². The highest BCUT2D eigenvalue weighted by Gasteiger charge is 2.41. The summed E-state index contributed by atoms with van der Waals surface area (Å²) in [4.78, 5) is 24.2. The first-order valence-electron chi connectivity index (χ1n) is 5.26. The molecule has 0 aliphatic carbocycles. The summed E-state index contributed by atoms with van der Waals surface area (Å²) < 4.78 is 36.7. The molecular formula is C12H10F3NO3. The molecule has 1 amide bonds. The number of amides is 1. The molecule has 0 saturated heterocycles. The van der Waals surface area contributed by atoms with Gasteiger partial charge in [0.15, 0.2) is 0 Å². The highest BCUT2D eigenvalue weighted by atomic mass is 19.4. The Kier molecular flexibility index (Phi) is 4.80. The molecule has 0 saturated carbocycles. The van der Waals surface area contributed by atoms with E-state index < -0.39 is 23.8 Å². The molecule has 0 fully saturated rings. The molecule has 102 valence electrons. The Balaban J connectivity index is 2.70. The fourth-order valence-electron chi connectivity index (χ4n) is 1.31. The van der Waals surface area contributed by atoms with E-state index >= 15 is 0 Å². The van der Waals surface area contributed by atoms with E-state index in [1.54, 1.807) is 30.3 Å². The van der Waals surface area contributed by atoms with E-state index in [1.807, 2.05) is 0 Å². The molecule has 19 heavy (non-hydrogen) atoms. The number of carbonyl (C=O) groups is 2. The first-order chi connectivity index (χ1) is 8.80. The molecule has 0 aromatic heterocycles. The van der Waals surface area contributed by atoms with Gasteiger partial charge in [-0.2, -0.15) is 13.2 Å². The van der Waals surface area contributed by atoms with Gasteiger partial charge in [-0.25, -0.2) is 9.79 Å². The molecule has 0 atom stereocenters. The van der Waals surface area contributed by atoms with Crippen LogP contribution in [-0.4, -0.2) is 28.9 Å². The van der Waals surface area contributed by atoms with Gasteiger partial charge in [-0.15, -0.1) is 0 Å². The zero-order chi connectivity index (χ0) is 14.5. The van der Waals surface area contributed by atoms with Crippen molar-refractivity contribution in [1.29, 1.82) is 0 Å². The van der Waals surface area contributed by atoms with Gasteiger partial charge in [-0.3, -0.25) is 4.79 Å². The molecule has 0 heterocycles. The van der Waals surface area contributed by atoms with Crippen LogP contribution >= 0.6 is 0 Å². The Labute approximate surface area is 106 Å². The standard InChI is InChI=1S/C12H10F3NO3/c13-12(14,15)10(11(18)19)16-9(17)7-6-8-4-2-1-3-5-8/h1-5H,6-7H2,(H,18,19). The number of alkyl halides is 3.